The van der Waals surface area contributed by atoms with Crippen LogP contribution in [0.15, 0.2) is 10.7 Å². The molecule has 0 saturated heterocycles. The number of anilines is 2. The Morgan fingerprint density at radius 3 is 3.08 bits per heavy atom. The molecule has 0 unspecified atom stereocenters. The second-order valence-corrected chi connectivity index (χ2v) is 3.56. The van der Waals surface area contributed by atoms with Crippen LogP contribution in [0.25, 0.3) is 0 Å². The molecule has 0 aliphatic heterocycles. The van der Waals surface area contributed by atoms with Crippen molar-refractivity contribution in [3.05, 3.63) is 10.7 Å². The van der Waals surface area contributed by atoms with Gasteiger partial charge in [0.1, 0.15) is 5.82 Å². The van der Waals surface area contributed by atoms with Crippen LogP contribution in [0.1, 0.15) is 19.8 Å². The van der Waals surface area contributed by atoms with Crippen LogP contribution in [0.2, 0.25) is 0 Å². The number of hydrogen-bond donors (Lipinski definition) is 2. The summed E-state index contributed by atoms with van der Waals surface area (Å²) < 4.78 is 0.845. The highest BCUT2D eigenvalue weighted by Crippen LogP contribution is 2.18. The zero-order valence-electron chi connectivity index (χ0n) is 7.55. The number of unbranched alkanes of at least 4 members (excludes halogenated alkanes) is 1. The van der Waals surface area contributed by atoms with Crippen molar-refractivity contribution in [2.45, 2.75) is 19.8 Å². The molecule has 13 heavy (non-hydrogen) atoms. The van der Waals surface area contributed by atoms with Gasteiger partial charge >= 0.3 is 0 Å². The maximum atomic E-state index is 5.45. The van der Waals surface area contributed by atoms with E-state index in [0.717, 1.165) is 29.7 Å². The zero-order chi connectivity index (χ0) is 9.68. The van der Waals surface area contributed by atoms with Gasteiger partial charge in [0.15, 0.2) is 0 Å². The third-order valence-corrected chi connectivity index (χ3v) is 2.17. The van der Waals surface area contributed by atoms with Crippen LogP contribution in [0.3, 0.4) is 0 Å². The van der Waals surface area contributed by atoms with E-state index < -0.39 is 0 Å². The van der Waals surface area contributed by atoms with E-state index in [1.807, 2.05) is 0 Å². The Morgan fingerprint density at radius 1 is 1.62 bits per heavy atom. The van der Waals surface area contributed by atoms with Crippen molar-refractivity contribution in [3.8, 4) is 0 Å². The fourth-order valence-electron chi connectivity index (χ4n) is 0.888. The highest BCUT2D eigenvalue weighted by Gasteiger charge is 2.01. The minimum absolute atomic E-state index is 0.294. The van der Waals surface area contributed by atoms with Gasteiger partial charge in [-0.25, -0.2) is 4.98 Å². The lowest BCUT2D eigenvalue weighted by Crippen LogP contribution is -2.06. The SMILES string of the molecule is CCCCNc1nc(N)ncc1Br. The van der Waals surface area contributed by atoms with Crippen molar-refractivity contribution in [2.24, 2.45) is 0 Å². The highest BCUT2D eigenvalue weighted by atomic mass is 79.9. The molecule has 0 atom stereocenters. The summed E-state index contributed by atoms with van der Waals surface area (Å²) in [5, 5.41) is 3.18. The average molecular weight is 245 g/mol. The second kappa shape index (κ2) is 5.01. The fourth-order valence-corrected chi connectivity index (χ4v) is 1.22. The molecule has 0 spiro atoms. The molecule has 0 bridgehead atoms. The van der Waals surface area contributed by atoms with Crippen LogP contribution in [0.4, 0.5) is 11.8 Å². The van der Waals surface area contributed by atoms with Crippen LogP contribution < -0.4 is 11.1 Å². The number of halogens is 1. The molecule has 1 heterocycles. The van der Waals surface area contributed by atoms with E-state index in [2.05, 4.69) is 38.1 Å². The first-order valence-electron chi connectivity index (χ1n) is 4.26. The summed E-state index contributed by atoms with van der Waals surface area (Å²) in [6, 6.07) is 0. The summed E-state index contributed by atoms with van der Waals surface area (Å²) in [6.07, 6.45) is 3.93. The van der Waals surface area contributed by atoms with Gasteiger partial charge in [0.2, 0.25) is 5.95 Å². The third kappa shape index (κ3) is 3.18. The van der Waals surface area contributed by atoms with Gasteiger partial charge in [-0.2, -0.15) is 4.98 Å². The first-order valence-corrected chi connectivity index (χ1v) is 5.05. The van der Waals surface area contributed by atoms with Crippen LogP contribution in [0.5, 0.6) is 0 Å². The van der Waals surface area contributed by atoms with Gasteiger partial charge in [-0.3, -0.25) is 0 Å². The van der Waals surface area contributed by atoms with Crippen molar-refractivity contribution < 1.29 is 0 Å². The van der Waals surface area contributed by atoms with Crippen molar-refractivity contribution in [2.75, 3.05) is 17.6 Å². The van der Waals surface area contributed by atoms with Crippen LogP contribution in [-0.2, 0) is 0 Å². The van der Waals surface area contributed by atoms with E-state index in [1.54, 1.807) is 6.20 Å². The molecule has 1 rings (SSSR count). The Morgan fingerprint density at radius 2 is 2.38 bits per heavy atom. The number of nitrogen functional groups attached to an aromatic ring is 1. The Labute approximate surface area is 86.1 Å². The molecule has 0 amide bonds. The van der Waals surface area contributed by atoms with Gasteiger partial charge in [0, 0.05) is 12.7 Å². The lowest BCUT2D eigenvalue weighted by molar-refractivity contribution is 0.830. The van der Waals surface area contributed by atoms with E-state index >= 15 is 0 Å². The molecule has 72 valence electrons. The number of hydrogen-bond acceptors (Lipinski definition) is 4. The topological polar surface area (TPSA) is 63.8 Å². The molecule has 0 radical (unpaired) electrons. The summed E-state index contributed by atoms with van der Waals surface area (Å²) in [5.74, 6) is 1.06. The molecule has 0 aromatic carbocycles. The lowest BCUT2D eigenvalue weighted by atomic mass is 10.3. The van der Waals surface area contributed by atoms with Crippen LogP contribution >= 0.6 is 15.9 Å². The molecular weight excluding hydrogens is 232 g/mol. The Balaban J connectivity index is 2.59. The molecule has 3 N–H and O–H groups in total. The van der Waals surface area contributed by atoms with Crippen molar-refractivity contribution >= 4 is 27.7 Å². The van der Waals surface area contributed by atoms with E-state index in [9.17, 15) is 0 Å². The van der Waals surface area contributed by atoms with Crippen molar-refractivity contribution in [1.82, 2.24) is 9.97 Å². The monoisotopic (exact) mass is 244 g/mol. The number of nitrogens with one attached hydrogen (secondary N) is 1. The molecular formula is C8H13BrN4. The summed E-state index contributed by atoms with van der Waals surface area (Å²) in [4.78, 5) is 7.90. The van der Waals surface area contributed by atoms with Crippen LogP contribution in [-0.4, -0.2) is 16.5 Å². The Hall–Kier alpha value is -0.840. The molecule has 1 aromatic rings. The molecule has 4 nitrogen and oxygen atoms in total. The third-order valence-electron chi connectivity index (χ3n) is 1.59. The van der Waals surface area contributed by atoms with Gasteiger partial charge in [-0.1, -0.05) is 13.3 Å². The first-order chi connectivity index (χ1) is 6.24. The molecule has 5 heteroatoms. The van der Waals surface area contributed by atoms with Crippen LogP contribution in [0, 0.1) is 0 Å². The normalized spacial score (nSPS) is 10.0. The highest BCUT2D eigenvalue weighted by molar-refractivity contribution is 9.10. The van der Waals surface area contributed by atoms with Crippen molar-refractivity contribution in [1.29, 1.82) is 0 Å². The molecule has 0 aliphatic rings. The standard InChI is InChI=1S/C8H13BrN4/c1-2-3-4-11-7-6(9)5-12-8(10)13-7/h5H,2-4H2,1H3,(H3,10,11,12,13). The first kappa shape index (κ1) is 10.2. The predicted molar refractivity (Wildman–Crippen MR) is 57.5 cm³/mol. The summed E-state index contributed by atoms with van der Waals surface area (Å²) in [7, 11) is 0. The Kier molecular flexibility index (Phi) is 3.95. The number of aromatic nitrogens is 2. The number of rotatable bonds is 4. The maximum absolute atomic E-state index is 5.45. The molecule has 0 aliphatic carbocycles. The van der Waals surface area contributed by atoms with Crippen molar-refractivity contribution in [3.63, 3.8) is 0 Å². The van der Waals surface area contributed by atoms with Gasteiger partial charge < -0.3 is 11.1 Å². The second-order valence-electron chi connectivity index (χ2n) is 2.71. The zero-order valence-corrected chi connectivity index (χ0v) is 9.13. The van der Waals surface area contributed by atoms with E-state index in [4.69, 9.17) is 5.73 Å². The quantitative estimate of drug-likeness (QED) is 0.796. The number of nitrogens with two attached hydrogens (primary N) is 1. The maximum Gasteiger partial charge on any atom is 0.221 e. The van der Waals surface area contributed by atoms with E-state index in [-0.39, 0.29) is 0 Å². The smallest absolute Gasteiger partial charge is 0.221 e. The summed E-state index contributed by atoms with van der Waals surface area (Å²) in [5.41, 5.74) is 5.45. The van der Waals surface area contributed by atoms with Gasteiger partial charge in [0.05, 0.1) is 4.47 Å². The van der Waals surface area contributed by atoms with E-state index in [1.165, 1.54) is 0 Å². The van der Waals surface area contributed by atoms with Gasteiger partial charge in [-0.15, -0.1) is 0 Å². The molecule has 0 saturated carbocycles. The Bertz CT molecular complexity index is 277. The molecule has 1 aromatic heterocycles. The van der Waals surface area contributed by atoms with E-state index in [0.29, 0.717) is 5.95 Å². The number of nitrogens with zero attached hydrogens (tertiary/aromatic N) is 2. The average Bonchev–Trinajstić information content (AvgIpc) is 2.11. The summed E-state index contributed by atoms with van der Waals surface area (Å²) in [6.45, 7) is 3.05. The molecule has 0 fully saturated rings. The summed E-state index contributed by atoms with van der Waals surface area (Å²) >= 11 is 3.34. The fraction of sp³-hybridized carbons (Fsp3) is 0.500. The van der Waals surface area contributed by atoms with Gasteiger partial charge in [-0.05, 0) is 22.4 Å². The van der Waals surface area contributed by atoms with Gasteiger partial charge in [0.25, 0.3) is 0 Å². The predicted octanol–water partition coefficient (Wildman–Crippen LogP) is 2.03. The largest absolute Gasteiger partial charge is 0.369 e. The lowest BCUT2D eigenvalue weighted by Gasteiger charge is -2.06. The minimum atomic E-state index is 0.294. The minimum Gasteiger partial charge on any atom is -0.369 e.